The van der Waals surface area contributed by atoms with Gasteiger partial charge in [0.2, 0.25) is 0 Å². The third kappa shape index (κ3) is 3.77. The zero-order chi connectivity index (χ0) is 13.5. The Bertz CT molecular complexity index is 524. The first-order valence-corrected chi connectivity index (χ1v) is 6.13. The van der Waals surface area contributed by atoms with Crippen molar-refractivity contribution in [1.82, 2.24) is 30.6 Å². The van der Waals surface area contributed by atoms with Gasteiger partial charge in [-0.1, -0.05) is 12.1 Å². The van der Waals surface area contributed by atoms with Gasteiger partial charge in [0.05, 0.1) is 18.4 Å². The lowest BCUT2D eigenvalue weighted by molar-refractivity contribution is 0.240. The van der Waals surface area contributed by atoms with Crippen LogP contribution in [-0.4, -0.2) is 32.6 Å². The average Bonchev–Trinajstić information content (AvgIpc) is 2.93. The smallest absolute Gasteiger partial charge is 0.315 e. The van der Waals surface area contributed by atoms with E-state index in [0.717, 1.165) is 12.1 Å². The van der Waals surface area contributed by atoms with Gasteiger partial charge in [-0.15, -0.1) is 5.10 Å². The molecule has 2 N–H and O–H groups in total. The minimum Gasteiger partial charge on any atom is -0.338 e. The van der Waals surface area contributed by atoms with Gasteiger partial charge < -0.3 is 10.6 Å². The molecule has 2 aromatic heterocycles. The first-order valence-electron chi connectivity index (χ1n) is 6.13. The molecule has 0 aliphatic heterocycles. The standard InChI is InChI=1S/C12H16N6O/c1-2-5-14-12(19)15-8-10-9-18(17-16-10)11-3-6-13-7-4-11/h3-4,6-7,9H,2,5,8H2,1H3,(H2,14,15,19). The highest BCUT2D eigenvalue weighted by Gasteiger charge is 2.04. The van der Waals surface area contributed by atoms with Crippen molar-refractivity contribution in [2.24, 2.45) is 0 Å². The van der Waals surface area contributed by atoms with Crippen LogP contribution in [-0.2, 0) is 6.54 Å². The van der Waals surface area contributed by atoms with Gasteiger partial charge in [0.15, 0.2) is 0 Å². The lowest BCUT2D eigenvalue weighted by Gasteiger charge is -2.03. The topological polar surface area (TPSA) is 84.7 Å². The average molecular weight is 260 g/mol. The molecule has 19 heavy (non-hydrogen) atoms. The Labute approximate surface area is 111 Å². The van der Waals surface area contributed by atoms with Crippen LogP contribution in [0.4, 0.5) is 4.79 Å². The van der Waals surface area contributed by atoms with Crippen LogP contribution in [0.15, 0.2) is 30.7 Å². The summed E-state index contributed by atoms with van der Waals surface area (Å²) >= 11 is 0. The molecular weight excluding hydrogens is 244 g/mol. The number of pyridine rings is 1. The molecule has 0 spiro atoms. The van der Waals surface area contributed by atoms with Crippen molar-refractivity contribution in [3.05, 3.63) is 36.4 Å². The van der Waals surface area contributed by atoms with E-state index >= 15 is 0 Å². The number of nitrogens with one attached hydrogen (secondary N) is 2. The lowest BCUT2D eigenvalue weighted by atomic mass is 10.4. The van der Waals surface area contributed by atoms with Crippen LogP contribution in [0.25, 0.3) is 5.69 Å². The van der Waals surface area contributed by atoms with Crippen molar-refractivity contribution in [3.8, 4) is 5.69 Å². The van der Waals surface area contributed by atoms with Crippen molar-refractivity contribution in [3.63, 3.8) is 0 Å². The molecule has 100 valence electrons. The molecule has 7 heteroatoms. The molecule has 2 amide bonds. The van der Waals surface area contributed by atoms with Crippen LogP contribution in [0.5, 0.6) is 0 Å². The van der Waals surface area contributed by atoms with Crippen molar-refractivity contribution in [2.45, 2.75) is 19.9 Å². The number of aromatic nitrogens is 4. The fraction of sp³-hybridized carbons (Fsp3) is 0.333. The highest BCUT2D eigenvalue weighted by molar-refractivity contribution is 5.73. The normalized spacial score (nSPS) is 10.2. The van der Waals surface area contributed by atoms with E-state index in [-0.39, 0.29) is 6.03 Å². The quantitative estimate of drug-likeness (QED) is 0.835. The number of urea groups is 1. The van der Waals surface area contributed by atoms with Crippen molar-refractivity contribution >= 4 is 6.03 Å². The zero-order valence-electron chi connectivity index (χ0n) is 10.7. The molecule has 0 bridgehead atoms. The van der Waals surface area contributed by atoms with Gasteiger partial charge in [-0.2, -0.15) is 0 Å². The Kier molecular flexibility index (Phi) is 4.44. The Morgan fingerprint density at radius 1 is 1.32 bits per heavy atom. The summed E-state index contributed by atoms with van der Waals surface area (Å²) in [5.41, 5.74) is 1.58. The third-order valence-corrected chi connectivity index (χ3v) is 2.43. The summed E-state index contributed by atoms with van der Waals surface area (Å²) in [7, 11) is 0. The van der Waals surface area contributed by atoms with Crippen LogP contribution >= 0.6 is 0 Å². The summed E-state index contributed by atoms with van der Waals surface area (Å²) in [5.74, 6) is 0. The first-order chi connectivity index (χ1) is 9.29. The van der Waals surface area contributed by atoms with Crippen LogP contribution < -0.4 is 10.6 Å². The van der Waals surface area contributed by atoms with E-state index in [1.807, 2.05) is 19.1 Å². The fourth-order valence-corrected chi connectivity index (χ4v) is 1.47. The van der Waals surface area contributed by atoms with Gasteiger partial charge in [-0.3, -0.25) is 4.98 Å². The maximum atomic E-state index is 11.4. The largest absolute Gasteiger partial charge is 0.338 e. The van der Waals surface area contributed by atoms with Crippen LogP contribution in [0, 0.1) is 0 Å². The number of carbonyl (C=O) groups excluding carboxylic acids is 1. The van der Waals surface area contributed by atoms with E-state index in [2.05, 4.69) is 25.9 Å². The van der Waals surface area contributed by atoms with Gasteiger partial charge in [0, 0.05) is 18.9 Å². The van der Waals surface area contributed by atoms with E-state index < -0.39 is 0 Å². The highest BCUT2D eigenvalue weighted by atomic mass is 16.2. The van der Waals surface area contributed by atoms with Crippen LogP contribution in [0.2, 0.25) is 0 Å². The second-order valence-electron chi connectivity index (χ2n) is 3.97. The van der Waals surface area contributed by atoms with Crippen molar-refractivity contribution in [1.29, 1.82) is 0 Å². The van der Waals surface area contributed by atoms with Crippen LogP contribution in [0.3, 0.4) is 0 Å². The molecule has 0 saturated carbocycles. The van der Waals surface area contributed by atoms with Gasteiger partial charge in [0.25, 0.3) is 0 Å². The summed E-state index contributed by atoms with van der Waals surface area (Å²) in [6.45, 7) is 3.01. The molecule has 0 saturated heterocycles. The molecule has 2 heterocycles. The summed E-state index contributed by atoms with van der Waals surface area (Å²) in [4.78, 5) is 15.3. The van der Waals surface area contributed by atoms with Crippen molar-refractivity contribution < 1.29 is 4.79 Å². The predicted molar refractivity (Wildman–Crippen MR) is 69.7 cm³/mol. The maximum absolute atomic E-state index is 11.4. The molecule has 0 aromatic carbocycles. The molecule has 0 fully saturated rings. The van der Waals surface area contributed by atoms with E-state index in [1.165, 1.54) is 0 Å². The van der Waals surface area contributed by atoms with Gasteiger partial charge >= 0.3 is 6.03 Å². The Morgan fingerprint density at radius 3 is 2.84 bits per heavy atom. The SMILES string of the molecule is CCCNC(=O)NCc1cn(-c2ccncc2)nn1. The Hall–Kier alpha value is -2.44. The number of hydrogen-bond acceptors (Lipinski definition) is 4. The second kappa shape index (κ2) is 6.48. The molecule has 0 unspecified atom stereocenters. The van der Waals surface area contributed by atoms with E-state index in [1.54, 1.807) is 23.3 Å². The summed E-state index contributed by atoms with van der Waals surface area (Å²) < 4.78 is 1.64. The highest BCUT2D eigenvalue weighted by Crippen LogP contribution is 2.04. The summed E-state index contributed by atoms with van der Waals surface area (Å²) in [6.07, 6.45) is 6.06. The monoisotopic (exact) mass is 260 g/mol. The number of carbonyl (C=O) groups is 1. The predicted octanol–water partition coefficient (Wildman–Crippen LogP) is 0.871. The summed E-state index contributed by atoms with van der Waals surface area (Å²) in [5, 5.41) is 13.4. The van der Waals surface area contributed by atoms with Gasteiger partial charge in [0.1, 0.15) is 5.69 Å². The molecule has 0 atom stereocenters. The molecule has 0 radical (unpaired) electrons. The number of nitrogens with zero attached hydrogens (tertiary/aromatic N) is 4. The van der Waals surface area contributed by atoms with Gasteiger partial charge in [-0.25, -0.2) is 9.48 Å². The Balaban J connectivity index is 1.90. The fourth-order valence-electron chi connectivity index (χ4n) is 1.47. The summed E-state index contributed by atoms with van der Waals surface area (Å²) in [6, 6.07) is 3.47. The van der Waals surface area contributed by atoms with Gasteiger partial charge in [-0.05, 0) is 18.6 Å². The molecule has 2 aromatic rings. The van der Waals surface area contributed by atoms with E-state index in [0.29, 0.717) is 18.8 Å². The first kappa shape index (κ1) is 13.0. The minimum absolute atomic E-state index is 0.194. The molecule has 0 aliphatic rings. The van der Waals surface area contributed by atoms with Crippen LogP contribution in [0.1, 0.15) is 19.0 Å². The third-order valence-electron chi connectivity index (χ3n) is 2.43. The minimum atomic E-state index is -0.194. The number of rotatable bonds is 5. The number of hydrogen-bond donors (Lipinski definition) is 2. The van der Waals surface area contributed by atoms with Crippen molar-refractivity contribution in [2.75, 3.05) is 6.54 Å². The lowest BCUT2D eigenvalue weighted by Crippen LogP contribution is -2.35. The molecule has 7 nitrogen and oxygen atoms in total. The molecule has 0 aliphatic carbocycles. The molecular formula is C12H16N6O. The van der Waals surface area contributed by atoms with E-state index in [4.69, 9.17) is 0 Å². The number of amides is 2. The molecule has 2 rings (SSSR count). The van der Waals surface area contributed by atoms with E-state index in [9.17, 15) is 4.79 Å². The maximum Gasteiger partial charge on any atom is 0.315 e. The zero-order valence-corrected chi connectivity index (χ0v) is 10.7. The Morgan fingerprint density at radius 2 is 2.11 bits per heavy atom. The second-order valence-corrected chi connectivity index (χ2v) is 3.97.